The second kappa shape index (κ2) is 4.96. The smallest absolute Gasteiger partial charge is 0.293 e. The van der Waals surface area contributed by atoms with Crippen LogP contribution < -0.4 is 0 Å². The second-order valence-electron chi connectivity index (χ2n) is 5.15. The van der Waals surface area contributed by atoms with Crippen LogP contribution in [-0.4, -0.2) is 38.1 Å². The Balaban J connectivity index is 1.67. The van der Waals surface area contributed by atoms with E-state index in [1.54, 1.807) is 36.2 Å². The summed E-state index contributed by atoms with van der Waals surface area (Å²) in [6.07, 6.45) is 2.23. The van der Waals surface area contributed by atoms with E-state index in [1.165, 1.54) is 0 Å². The van der Waals surface area contributed by atoms with Gasteiger partial charge in [-0.2, -0.15) is 0 Å². The highest BCUT2D eigenvalue weighted by atomic mass is 16.3. The summed E-state index contributed by atoms with van der Waals surface area (Å²) in [5.74, 6) is 1.48. The average molecular weight is 272 g/mol. The van der Waals surface area contributed by atoms with Crippen LogP contribution >= 0.6 is 0 Å². The molecule has 2 N–H and O–H groups in total. The standard InChI is InChI=1S/C14H16N4O2/c1-18(8-9-2-6-11(19)7-3-9)14(20)13-15-12(16-17-13)10-4-5-10/h2-3,6-7,10,19H,4-5,8H2,1H3,(H,15,16,17). The molecular formula is C14H16N4O2. The summed E-state index contributed by atoms with van der Waals surface area (Å²) >= 11 is 0. The molecular weight excluding hydrogens is 256 g/mol. The zero-order valence-electron chi connectivity index (χ0n) is 11.2. The van der Waals surface area contributed by atoms with Gasteiger partial charge in [0.15, 0.2) is 0 Å². The van der Waals surface area contributed by atoms with Crippen LogP contribution in [0.2, 0.25) is 0 Å². The van der Waals surface area contributed by atoms with E-state index in [0.29, 0.717) is 12.5 Å². The van der Waals surface area contributed by atoms with E-state index in [1.807, 2.05) is 0 Å². The minimum absolute atomic E-state index is 0.207. The van der Waals surface area contributed by atoms with Gasteiger partial charge >= 0.3 is 0 Å². The summed E-state index contributed by atoms with van der Waals surface area (Å²) in [5, 5.41) is 16.1. The van der Waals surface area contributed by atoms with E-state index in [-0.39, 0.29) is 17.5 Å². The van der Waals surface area contributed by atoms with E-state index in [4.69, 9.17) is 0 Å². The lowest BCUT2D eigenvalue weighted by Gasteiger charge is -2.15. The zero-order chi connectivity index (χ0) is 14.1. The summed E-state index contributed by atoms with van der Waals surface area (Å²) in [4.78, 5) is 18.0. The number of phenols is 1. The number of carbonyl (C=O) groups excluding carboxylic acids is 1. The topological polar surface area (TPSA) is 82.1 Å². The minimum atomic E-state index is -0.207. The van der Waals surface area contributed by atoms with Gasteiger partial charge in [-0.15, -0.1) is 5.10 Å². The first-order valence-corrected chi connectivity index (χ1v) is 6.59. The molecule has 104 valence electrons. The van der Waals surface area contributed by atoms with Crippen LogP contribution in [0, 0.1) is 0 Å². The van der Waals surface area contributed by atoms with Crippen molar-refractivity contribution in [2.45, 2.75) is 25.3 Å². The number of nitrogens with zero attached hydrogens (tertiary/aromatic N) is 3. The second-order valence-corrected chi connectivity index (χ2v) is 5.15. The van der Waals surface area contributed by atoms with Crippen molar-refractivity contribution in [1.29, 1.82) is 0 Å². The van der Waals surface area contributed by atoms with Crippen molar-refractivity contribution in [3.8, 4) is 5.75 Å². The summed E-state index contributed by atoms with van der Waals surface area (Å²) < 4.78 is 0. The van der Waals surface area contributed by atoms with Gasteiger partial charge in [0.1, 0.15) is 11.6 Å². The molecule has 2 aromatic rings. The van der Waals surface area contributed by atoms with Crippen molar-refractivity contribution in [3.05, 3.63) is 41.5 Å². The summed E-state index contributed by atoms with van der Waals surface area (Å²) in [7, 11) is 1.71. The average Bonchev–Trinajstić information content (AvgIpc) is 3.18. The molecule has 1 saturated carbocycles. The third kappa shape index (κ3) is 2.64. The Kier molecular flexibility index (Phi) is 3.14. The summed E-state index contributed by atoms with van der Waals surface area (Å²) in [5.41, 5.74) is 0.941. The van der Waals surface area contributed by atoms with Gasteiger partial charge in [-0.05, 0) is 30.5 Å². The fourth-order valence-electron chi connectivity index (χ4n) is 2.03. The number of hydrogen-bond acceptors (Lipinski definition) is 4. The van der Waals surface area contributed by atoms with E-state index in [9.17, 15) is 9.90 Å². The minimum Gasteiger partial charge on any atom is -0.508 e. The van der Waals surface area contributed by atoms with Crippen molar-refractivity contribution in [2.75, 3.05) is 7.05 Å². The van der Waals surface area contributed by atoms with Crippen LogP contribution in [0.25, 0.3) is 0 Å². The number of amides is 1. The maximum atomic E-state index is 12.2. The Bertz CT molecular complexity index is 616. The van der Waals surface area contributed by atoms with E-state index < -0.39 is 0 Å². The van der Waals surface area contributed by atoms with Gasteiger partial charge in [-0.1, -0.05) is 12.1 Å². The van der Waals surface area contributed by atoms with Crippen LogP contribution in [0.4, 0.5) is 0 Å². The molecule has 1 heterocycles. The molecule has 3 rings (SSSR count). The van der Waals surface area contributed by atoms with Gasteiger partial charge in [0.2, 0.25) is 5.82 Å². The predicted octanol–water partition coefficient (Wildman–Crippen LogP) is 1.66. The Hall–Kier alpha value is -2.37. The molecule has 0 aliphatic heterocycles. The van der Waals surface area contributed by atoms with E-state index in [0.717, 1.165) is 24.2 Å². The molecule has 6 nitrogen and oxygen atoms in total. The quantitative estimate of drug-likeness (QED) is 0.886. The number of hydrogen-bond donors (Lipinski definition) is 2. The monoisotopic (exact) mass is 272 g/mol. The predicted molar refractivity (Wildman–Crippen MR) is 72.3 cm³/mol. The molecule has 1 amide bonds. The van der Waals surface area contributed by atoms with Crippen molar-refractivity contribution in [1.82, 2.24) is 20.1 Å². The number of aromatic hydroxyl groups is 1. The Morgan fingerprint density at radius 3 is 2.75 bits per heavy atom. The highest BCUT2D eigenvalue weighted by Gasteiger charge is 2.28. The fraction of sp³-hybridized carbons (Fsp3) is 0.357. The van der Waals surface area contributed by atoms with Crippen LogP contribution in [0.15, 0.2) is 24.3 Å². The van der Waals surface area contributed by atoms with Crippen molar-refractivity contribution >= 4 is 5.91 Å². The lowest BCUT2D eigenvalue weighted by Crippen LogP contribution is -2.27. The third-order valence-corrected chi connectivity index (χ3v) is 3.36. The van der Waals surface area contributed by atoms with Crippen LogP contribution in [-0.2, 0) is 6.54 Å². The van der Waals surface area contributed by atoms with Crippen molar-refractivity contribution in [3.63, 3.8) is 0 Å². The normalized spacial score (nSPS) is 14.2. The van der Waals surface area contributed by atoms with E-state index in [2.05, 4.69) is 15.2 Å². The zero-order valence-corrected chi connectivity index (χ0v) is 11.2. The van der Waals surface area contributed by atoms with Gasteiger partial charge in [0.25, 0.3) is 5.91 Å². The first kappa shape index (κ1) is 12.7. The Labute approximate surface area is 116 Å². The highest BCUT2D eigenvalue weighted by molar-refractivity contribution is 5.90. The van der Waals surface area contributed by atoms with Gasteiger partial charge < -0.3 is 10.0 Å². The molecule has 0 spiro atoms. The molecule has 0 atom stereocenters. The lowest BCUT2D eigenvalue weighted by atomic mass is 10.2. The number of nitrogens with one attached hydrogen (secondary N) is 1. The number of aromatic nitrogens is 3. The molecule has 1 aromatic carbocycles. The highest BCUT2D eigenvalue weighted by Crippen LogP contribution is 2.37. The molecule has 1 aliphatic rings. The number of phenolic OH excluding ortho intramolecular Hbond substituents is 1. The van der Waals surface area contributed by atoms with Gasteiger partial charge in [0, 0.05) is 19.5 Å². The van der Waals surface area contributed by atoms with Crippen molar-refractivity contribution < 1.29 is 9.90 Å². The van der Waals surface area contributed by atoms with Crippen LogP contribution in [0.5, 0.6) is 5.75 Å². The fourth-order valence-corrected chi connectivity index (χ4v) is 2.03. The molecule has 6 heteroatoms. The van der Waals surface area contributed by atoms with Gasteiger partial charge in [-0.25, -0.2) is 4.98 Å². The third-order valence-electron chi connectivity index (χ3n) is 3.36. The maximum absolute atomic E-state index is 12.2. The number of aromatic amines is 1. The van der Waals surface area contributed by atoms with E-state index >= 15 is 0 Å². The molecule has 1 fully saturated rings. The molecule has 0 unspecified atom stereocenters. The van der Waals surface area contributed by atoms with Crippen LogP contribution in [0.1, 0.15) is 40.8 Å². The largest absolute Gasteiger partial charge is 0.508 e. The van der Waals surface area contributed by atoms with Crippen molar-refractivity contribution in [2.24, 2.45) is 0 Å². The Morgan fingerprint density at radius 1 is 1.40 bits per heavy atom. The first-order chi connectivity index (χ1) is 9.63. The van der Waals surface area contributed by atoms with Gasteiger partial charge in [-0.3, -0.25) is 9.89 Å². The van der Waals surface area contributed by atoms with Gasteiger partial charge in [0.05, 0.1) is 0 Å². The summed E-state index contributed by atoms with van der Waals surface area (Å²) in [6, 6.07) is 6.77. The van der Waals surface area contributed by atoms with Crippen LogP contribution in [0.3, 0.4) is 0 Å². The molecule has 20 heavy (non-hydrogen) atoms. The summed E-state index contributed by atoms with van der Waals surface area (Å²) in [6.45, 7) is 0.451. The molecule has 1 aliphatic carbocycles. The molecule has 1 aromatic heterocycles. The molecule has 0 saturated heterocycles. The number of rotatable bonds is 4. The lowest BCUT2D eigenvalue weighted by molar-refractivity contribution is 0.0773. The molecule has 0 bridgehead atoms. The Morgan fingerprint density at radius 2 is 2.10 bits per heavy atom. The SMILES string of the molecule is CN(Cc1ccc(O)cc1)C(=O)c1n[nH]c(C2CC2)n1. The first-order valence-electron chi connectivity index (χ1n) is 6.59. The number of carbonyl (C=O) groups is 1. The maximum Gasteiger partial charge on any atom is 0.293 e. The number of benzene rings is 1. The molecule has 0 radical (unpaired) electrons. The number of H-pyrrole nitrogens is 1.